The largest absolute Gasteiger partial charge is 0.391 e. The van der Waals surface area contributed by atoms with Crippen LogP contribution in [0.1, 0.15) is 71.6 Å². The van der Waals surface area contributed by atoms with Crippen molar-refractivity contribution < 1.29 is 18.4 Å². The van der Waals surface area contributed by atoms with Gasteiger partial charge in [0, 0.05) is 24.8 Å². The van der Waals surface area contributed by atoms with E-state index >= 15 is 0 Å². The van der Waals surface area contributed by atoms with E-state index in [1.807, 2.05) is 0 Å². The summed E-state index contributed by atoms with van der Waals surface area (Å²) in [4.78, 5) is 18.3. The Hall–Kier alpha value is -1.01. The van der Waals surface area contributed by atoms with Crippen molar-refractivity contribution in [2.45, 2.75) is 77.7 Å². The molecule has 4 aliphatic carbocycles. The van der Waals surface area contributed by atoms with Crippen LogP contribution in [0.5, 0.6) is 0 Å². The van der Waals surface area contributed by atoms with E-state index in [0.717, 1.165) is 57.3 Å². The number of halogens is 3. The standard InChI is InChI=1S/C24H34F2N2O2.ClH/c1-23-8-5-14(28-30-15-7-10-27-13-15)11-20(23)17(22(25)26)12-16-18-3-4-21(29)24(18,2)9-6-19(16)23;/h15-16,18-20,27H,3-13H2,1-2H3;1H/b28-14+;/t15-,16+,18+,19+,20-,23-,24+;/m1./s1. The Morgan fingerprint density at radius 3 is 2.61 bits per heavy atom. The van der Waals surface area contributed by atoms with E-state index in [1.165, 1.54) is 0 Å². The first kappa shape index (κ1) is 23.2. The number of oxime groups is 1. The molecule has 5 rings (SSSR count). The van der Waals surface area contributed by atoms with Gasteiger partial charge in [-0.1, -0.05) is 19.0 Å². The fraction of sp³-hybridized carbons (Fsp3) is 0.833. The number of fused-ring (bicyclic) bond motifs is 5. The lowest BCUT2D eigenvalue weighted by molar-refractivity contribution is -0.134. The van der Waals surface area contributed by atoms with E-state index in [4.69, 9.17) is 4.84 Å². The maximum Gasteiger partial charge on any atom is 0.269 e. The van der Waals surface area contributed by atoms with Crippen molar-refractivity contribution in [1.29, 1.82) is 0 Å². The van der Waals surface area contributed by atoms with Gasteiger partial charge in [0.15, 0.2) is 0 Å². The number of rotatable bonds is 2. The van der Waals surface area contributed by atoms with Gasteiger partial charge >= 0.3 is 0 Å². The number of carbonyl (C=O) groups excluding carboxylic acids is 1. The van der Waals surface area contributed by atoms with Gasteiger partial charge in [0.1, 0.15) is 11.9 Å². The van der Waals surface area contributed by atoms with E-state index in [0.29, 0.717) is 36.5 Å². The normalized spacial score (nSPS) is 45.5. The van der Waals surface area contributed by atoms with Crippen molar-refractivity contribution in [1.82, 2.24) is 5.32 Å². The average molecular weight is 457 g/mol. The maximum absolute atomic E-state index is 14.2. The monoisotopic (exact) mass is 456 g/mol. The lowest BCUT2D eigenvalue weighted by Crippen LogP contribution is -2.54. The highest BCUT2D eigenvalue weighted by Gasteiger charge is 2.61. The third-order valence-electron chi connectivity index (χ3n) is 9.65. The SMILES string of the molecule is C[C@]12CC/C(=N\O[C@@H]3CCNC3)C[C@@H]1C(=C(F)F)C[C@@H]1[C@@H]2CC[C@]2(C)C(=O)CC[C@@H]12.Cl. The number of ketones is 1. The zero-order chi connectivity index (χ0) is 21.1. The summed E-state index contributed by atoms with van der Waals surface area (Å²) >= 11 is 0. The summed E-state index contributed by atoms with van der Waals surface area (Å²) < 4.78 is 28.5. The van der Waals surface area contributed by atoms with Gasteiger partial charge in [0.2, 0.25) is 0 Å². The minimum absolute atomic E-state index is 0. The zero-order valence-electron chi connectivity index (χ0n) is 18.6. The van der Waals surface area contributed by atoms with Crippen LogP contribution >= 0.6 is 12.4 Å². The van der Waals surface area contributed by atoms with Crippen LogP contribution in [0.25, 0.3) is 0 Å². The Bertz CT molecular complexity index is 792. The molecule has 1 saturated heterocycles. The number of hydrogen-bond donors (Lipinski definition) is 1. The third kappa shape index (κ3) is 3.66. The summed E-state index contributed by atoms with van der Waals surface area (Å²) in [6, 6.07) is 0. The van der Waals surface area contributed by atoms with Gasteiger partial charge < -0.3 is 10.2 Å². The molecule has 1 heterocycles. The van der Waals surface area contributed by atoms with Gasteiger partial charge in [0.25, 0.3) is 6.08 Å². The first-order valence-corrected chi connectivity index (χ1v) is 11.8. The molecule has 0 aromatic heterocycles. The number of nitrogens with one attached hydrogen (secondary N) is 1. The van der Waals surface area contributed by atoms with E-state index in [1.54, 1.807) is 0 Å². The predicted octanol–water partition coefficient (Wildman–Crippen LogP) is 5.52. The second-order valence-corrected chi connectivity index (χ2v) is 10.9. The molecule has 0 spiro atoms. The lowest BCUT2D eigenvalue weighted by atomic mass is 9.44. The molecule has 0 radical (unpaired) electrons. The number of nitrogens with zero attached hydrogens (tertiary/aromatic N) is 1. The van der Waals surface area contributed by atoms with Crippen LogP contribution in [0.4, 0.5) is 8.78 Å². The summed E-state index contributed by atoms with van der Waals surface area (Å²) in [5.74, 6) is 1.12. The molecule has 1 N–H and O–H groups in total. The molecule has 31 heavy (non-hydrogen) atoms. The summed E-state index contributed by atoms with van der Waals surface area (Å²) in [6.07, 6.45) is 5.76. The van der Waals surface area contributed by atoms with Crippen molar-refractivity contribution in [3.8, 4) is 0 Å². The number of carbonyl (C=O) groups is 1. The van der Waals surface area contributed by atoms with Crippen LogP contribution in [0.15, 0.2) is 16.8 Å². The average Bonchev–Trinajstić information content (AvgIpc) is 3.34. The molecule has 7 atom stereocenters. The second kappa shape index (κ2) is 8.40. The summed E-state index contributed by atoms with van der Waals surface area (Å²) in [5, 5.41) is 7.69. The molecule has 5 aliphatic rings. The molecule has 0 aromatic carbocycles. The third-order valence-corrected chi connectivity index (χ3v) is 9.65. The molecule has 4 saturated carbocycles. The molecule has 5 fully saturated rings. The molecular formula is C24H35ClF2N2O2. The fourth-order valence-electron chi connectivity index (χ4n) is 7.84. The van der Waals surface area contributed by atoms with Crippen LogP contribution in [-0.4, -0.2) is 30.7 Å². The Kier molecular flexibility index (Phi) is 6.28. The van der Waals surface area contributed by atoms with Gasteiger partial charge in [-0.05, 0) is 86.2 Å². The number of allylic oxidation sites excluding steroid dienone is 1. The van der Waals surface area contributed by atoms with Crippen LogP contribution in [0.3, 0.4) is 0 Å². The highest BCUT2D eigenvalue weighted by atomic mass is 35.5. The Morgan fingerprint density at radius 1 is 1.10 bits per heavy atom. The summed E-state index contributed by atoms with van der Waals surface area (Å²) in [5.41, 5.74) is 0.866. The second-order valence-electron chi connectivity index (χ2n) is 10.9. The van der Waals surface area contributed by atoms with Gasteiger partial charge in [-0.3, -0.25) is 4.79 Å². The Morgan fingerprint density at radius 2 is 1.90 bits per heavy atom. The van der Waals surface area contributed by atoms with E-state index < -0.39 is 6.08 Å². The minimum Gasteiger partial charge on any atom is -0.391 e. The van der Waals surface area contributed by atoms with Crippen LogP contribution < -0.4 is 5.32 Å². The highest BCUT2D eigenvalue weighted by Crippen LogP contribution is 2.66. The van der Waals surface area contributed by atoms with Crippen molar-refractivity contribution in [3.05, 3.63) is 11.7 Å². The molecule has 1 aliphatic heterocycles. The highest BCUT2D eigenvalue weighted by molar-refractivity contribution is 5.87. The zero-order valence-corrected chi connectivity index (χ0v) is 19.4. The van der Waals surface area contributed by atoms with Crippen LogP contribution in [-0.2, 0) is 9.63 Å². The van der Waals surface area contributed by atoms with Gasteiger partial charge in [-0.25, -0.2) is 0 Å². The Labute approximate surface area is 190 Å². The van der Waals surface area contributed by atoms with E-state index in [2.05, 4.69) is 24.3 Å². The molecule has 4 nitrogen and oxygen atoms in total. The molecular weight excluding hydrogens is 422 g/mol. The maximum atomic E-state index is 14.2. The van der Waals surface area contributed by atoms with Crippen molar-refractivity contribution in [2.24, 2.45) is 39.7 Å². The quantitative estimate of drug-likeness (QED) is 0.557. The van der Waals surface area contributed by atoms with Crippen molar-refractivity contribution in [3.63, 3.8) is 0 Å². The predicted molar refractivity (Wildman–Crippen MR) is 118 cm³/mol. The van der Waals surface area contributed by atoms with E-state index in [-0.39, 0.29) is 47.1 Å². The summed E-state index contributed by atoms with van der Waals surface area (Å²) in [7, 11) is 0. The number of hydrogen-bond acceptors (Lipinski definition) is 4. The molecule has 0 amide bonds. The van der Waals surface area contributed by atoms with E-state index in [9.17, 15) is 13.6 Å². The lowest BCUT2D eigenvalue weighted by Gasteiger charge is -2.59. The smallest absolute Gasteiger partial charge is 0.269 e. The first-order valence-electron chi connectivity index (χ1n) is 11.8. The van der Waals surface area contributed by atoms with Gasteiger partial charge in [-0.2, -0.15) is 8.78 Å². The van der Waals surface area contributed by atoms with Crippen LogP contribution in [0, 0.1) is 34.5 Å². The first-order chi connectivity index (χ1) is 14.3. The van der Waals surface area contributed by atoms with Crippen LogP contribution in [0.2, 0.25) is 0 Å². The topological polar surface area (TPSA) is 50.7 Å². The Balaban J connectivity index is 0.00000231. The molecule has 7 heteroatoms. The van der Waals surface area contributed by atoms with Crippen molar-refractivity contribution >= 4 is 23.9 Å². The fourth-order valence-corrected chi connectivity index (χ4v) is 7.84. The molecule has 0 bridgehead atoms. The summed E-state index contributed by atoms with van der Waals surface area (Å²) in [6.45, 7) is 6.11. The molecule has 0 aromatic rings. The molecule has 0 unspecified atom stereocenters. The molecule has 174 valence electrons. The van der Waals surface area contributed by atoms with Gasteiger partial charge in [0.05, 0.1) is 5.71 Å². The number of Topliss-reactive ketones (excluding diaryl/α,β-unsaturated/α-hetero) is 1. The van der Waals surface area contributed by atoms with Gasteiger partial charge in [-0.15, -0.1) is 12.4 Å². The van der Waals surface area contributed by atoms with Crippen molar-refractivity contribution in [2.75, 3.05) is 13.1 Å². The minimum atomic E-state index is -1.50.